The van der Waals surface area contributed by atoms with E-state index in [1.807, 2.05) is 0 Å². The van der Waals surface area contributed by atoms with Crippen molar-refractivity contribution in [2.24, 2.45) is 10.3 Å². The predicted octanol–water partition coefficient (Wildman–Crippen LogP) is 0.720. The van der Waals surface area contributed by atoms with Crippen molar-refractivity contribution in [1.82, 2.24) is 4.98 Å². The zero-order valence-electron chi connectivity index (χ0n) is 6.12. The topological polar surface area (TPSA) is 78.1 Å². The summed E-state index contributed by atoms with van der Waals surface area (Å²) >= 11 is 0. The van der Waals surface area contributed by atoms with Crippen molar-refractivity contribution >= 4 is 11.9 Å². The number of rotatable bonds is 2. The zero-order chi connectivity index (χ0) is 8.81. The van der Waals surface area contributed by atoms with Crippen molar-refractivity contribution in [2.75, 3.05) is 0 Å². The molecule has 0 aliphatic rings. The maximum atomic E-state index is 8.48. The number of oxime groups is 2. The number of pyridine rings is 1. The van der Waals surface area contributed by atoms with E-state index in [0.29, 0.717) is 5.56 Å². The van der Waals surface area contributed by atoms with Gasteiger partial charge in [-0.1, -0.05) is 10.3 Å². The first-order valence-corrected chi connectivity index (χ1v) is 3.18. The van der Waals surface area contributed by atoms with Crippen LogP contribution in [-0.2, 0) is 0 Å². The average molecular weight is 165 g/mol. The fourth-order valence-electron chi connectivity index (χ4n) is 0.735. The molecule has 0 atom stereocenters. The third-order valence-electron chi connectivity index (χ3n) is 1.26. The Morgan fingerprint density at radius 1 is 1.33 bits per heavy atom. The van der Waals surface area contributed by atoms with Crippen molar-refractivity contribution in [1.29, 1.82) is 0 Å². The Bertz CT molecular complexity index is 295. The average Bonchev–Trinajstić information content (AvgIpc) is 2.15. The molecule has 12 heavy (non-hydrogen) atoms. The third-order valence-corrected chi connectivity index (χ3v) is 1.26. The van der Waals surface area contributed by atoms with Gasteiger partial charge in [0.1, 0.15) is 5.71 Å². The molecule has 1 aromatic rings. The van der Waals surface area contributed by atoms with Gasteiger partial charge < -0.3 is 10.4 Å². The lowest BCUT2D eigenvalue weighted by molar-refractivity contribution is 0.316. The van der Waals surface area contributed by atoms with Gasteiger partial charge in [0.15, 0.2) is 0 Å². The molecule has 0 fully saturated rings. The SMILES string of the molecule is O/N=C(\C=N\O)c1ccncc1. The van der Waals surface area contributed by atoms with E-state index >= 15 is 0 Å². The molecule has 5 heteroatoms. The molecule has 0 spiro atoms. The Labute approximate surface area is 68.7 Å². The minimum absolute atomic E-state index is 0.180. The summed E-state index contributed by atoms with van der Waals surface area (Å²) in [5.74, 6) is 0. The minimum atomic E-state index is 0.180. The maximum Gasteiger partial charge on any atom is 0.131 e. The van der Waals surface area contributed by atoms with Crippen LogP contribution in [0.3, 0.4) is 0 Å². The van der Waals surface area contributed by atoms with Crippen LogP contribution in [0.4, 0.5) is 0 Å². The van der Waals surface area contributed by atoms with Crippen LogP contribution in [0, 0.1) is 0 Å². The van der Waals surface area contributed by atoms with E-state index in [4.69, 9.17) is 10.4 Å². The van der Waals surface area contributed by atoms with Crippen LogP contribution in [0.1, 0.15) is 5.56 Å². The summed E-state index contributed by atoms with van der Waals surface area (Å²) in [6.45, 7) is 0. The Hall–Kier alpha value is -1.91. The third kappa shape index (κ3) is 1.79. The zero-order valence-corrected chi connectivity index (χ0v) is 6.12. The van der Waals surface area contributed by atoms with E-state index in [0.717, 1.165) is 6.21 Å². The van der Waals surface area contributed by atoms with Crippen LogP contribution in [0.5, 0.6) is 0 Å². The molecule has 62 valence electrons. The molecule has 0 aliphatic heterocycles. The van der Waals surface area contributed by atoms with Gasteiger partial charge in [0.25, 0.3) is 0 Å². The van der Waals surface area contributed by atoms with E-state index in [1.165, 1.54) is 0 Å². The van der Waals surface area contributed by atoms with Gasteiger partial charge in [-0.2, -0.15) is 0 Å². The summed E-state index contributed by atoms with van der Waals surface area (Å²) in [5.41, 5.74) is 0.810. The van der Waals surface area contributed by atoms with Crippen molar-refractivity contribution in [2.45, 2.75) is 0 Å². The van der Waals surface area contributed by atoms with Gasteiger partial charge >= 0.3 is 0 Å². The van der Waals surface area contributed by atoms with Crippen molar-refractivity contribution in [3.63, 3.8) is 0 Å². The first-order chi connectivity index (χ1) is 5.88. The first-order valence-electron chi connectivity index (χ1n) is 3.18. The molecule has 5 nitrogen and oxygen atoms in total. The van der Waals surface area contributed by atoms with Gasteiger partial charge in [0.05, 0.1) is 6.21 Å². The van der Waals surface area contributed by atoms with Crippen LogP contribution in [-0.4, -0.2) is 27.3 Å². The van der Waals surface area contributed by atoms with Crippen LogP contribution in [0.25, 0.3) is 0 Å². The molecule has 1 heterocycles. The van der Waals surface area contributed by atoms with Crippen molar-refractivity contribution < 1.29 is 10.4 Å². The maximum absolute atomic E-state index is 8.48. The summed E-state index contributed by atoms with van der Waals surface area (Å²) in [7, 11) is 0. The fourth-order valence-corrected chi connectivity index (χ4v) is 0.735. The fraction of sp³-hybridized carbons (Fsp3) is 0. The second-order valence-corrected chi connectivity index (χ2v) is 1.97. The predicted molar refractivity (Wildman–Crippen MR) is 42.8 cm³/mol. The van der Waals surface area contributed by atoms with E-state index in [2.05, 4.69) is 15.3 Å². The monoisotopic (exact) mass is 165 g/mol. The normalized spacial score (nSPS) is 12.2. The summed E-state index contributed by atoms with van der Waals surface area (Å²) < 4.78 is 0. The molecular weight excluding hydrogens is 158 g/mol. The van der Waals surface area contributed by atoms with Gasteiger partial charge in [-0.25, -0.2) is 0 Å². The highest BCUT2D eigenvalue weighted by Crippen LogP contribution is 1.96. The van der Waals surface area contributed by atoms with Crippen LogP contribution >= 0.6 is 0 Å². The van der Waals surface area contributed by atoms with Crippen LogP contribution < -0.4 is 0 Å². The standard InChI is InChI=1S/C7H7N3O2/c11-9-5-7(10-12)6-1-3-8-4-2-6/h1-5,11-12H/b9-5+,10-7+. The van der Waals surface area contributed by atoms with Crippen LogP contribution in [0.15, 0.2) is 34.8 Å². The number of nitrogens with zero attached hydrogens (tertiary/aromatic N) is 3. The Balaban J connectivity index is 2.97. The van der Waals surface area contributed by atoms with Crippen LogP contribution in [0.2, 0.25) is 0 Å². The molecular formula is C7H7N3O2. The molecule has 0 unspecified atom stereocenters. The lowest BCUT2D eigenvalue weighted by atomic mass is 10.2. The lowest BCUT2D eigenvalue weighted by Gasteiger charge is -1.94. The van der Waals surface area contributed by atoms with Crippen molar-refractivity contribution in [3.8, 4) is 0 Å². The molecule has 0 saturated carbocycles. The molecule has 0 aliphatic carbocycles. The Kier molecular flexibility index (Phi) is 2.78. The minimum Gasteiger partial charge on any atom is -0.411 e. The lowest BCUT2D eigenvalue weighted by Crippen LogP contribution is -2.02. The number of hydrogen-bond acceptors (Lipinski definition) is 5. The second-order valence-electron chi connectivity index (χ2n) is 1.97. The summed E-state index contributed by atoms with van der Waals surface area (Å²) in [5, 5.41) is 22.3. The van der Waals surface area contributed by atoms with E-state index in [9.17, 15) is 0 Å². The van der Waals surface area contributed by atoms with Gasteiger partial charge in [0.2, 0.25) is 0 Å². The van der Waals surface area contributed by atoms with Gasteiger partial charge in [-0.05, 0) is 12.1 Å². The molecule has 0 aromatic carbocycles. The summed E-state index contributed by atoms with van der Waals surface area (Å²) in [6.07, 6.45) is 4.13. The molecule has 1 aromatic heterocycles. The molecule has 2 N–H and O–H groups in total. The largest absolute Gasteiger partial charge is 0.411 e. The summed E-state index contributed by atoms with van der Waals surface area (Å²) in [6, 6.07) is 3.27. The van der Waals surface area contributed by atoms with Gasteiger partial charge in [-0.3, -0.25) is 4.98 Å². The Morgan fingerprint density at radius 3 is 2.50 bits per heavy atom. The number of aromatic nitrogens is 1. The molecule has 0 amide bonds. The molecule has 1 rings (SSSR count). The summed E-state index contributed by atoms with van der Waals surface area (Å²) in [4.78, 5) is 3.78. The first kappa shape index (κ1) is 8.19. The Morgan fingerprint density at radius 2 is 2.00 bits per heavy atom. The van der Waals surface area contributed by atoms with Gasteiger partial charge in [0, 0.05) is 18.0 Å². The van der Waals surface area contributed by atoms with E-state index in [-0.39, 0.29) is 5.71 Å². The highest BCUT2D eigenvalue weighted by molar-refractivity contribution is 6.37. The smallest absolute Gasteiger partial charge is 0.131 e. The molecule has 0 bridgehead atoms. The highest BCUT2D eigenvalue weighted by Gasteiger charge is 1.99. The quantitative estimate of drug-likeness (QED) is 0.385. The van der Waals surface area contributed by atoms with Gasteiger partial charge in [-0.15, -0.1) is 0 Å². The molecule has 0 saturated heterocycles. The second kappa shape index (κ2) is 4.07. The van der Waals surface area contributed by atoms with Crippen molar-refractivity contribution in [3.05, 3.63) is 30.1 Å². The van der Waals surface area contributed by atoms with E-state index in [1.54, 1.807) is 24.5 Å². The molecule has 0 radical (unpaired) electrons. The number of hydrogen-bond donors (Lipinski definition) is 2. The van der Waals surface area contributed by atoms with E-state index < -0.39 is 0 Å². The highest BCUT2D eigenvalue weighted by atomic mass is 16.4.